The predicted octanol–water partition coefficient (Wildman–Crippen LogP) is 3.71. The highest BCUT2D eigenvalue weighted by Gasteiger charge is 2.20. The predicted molar refractivity (Wildman–Crippen MR) is 104 cm³/mol. The number of nitrogens with zero attached hydrogens (tertiary/aromatic N) is 2. The van der Waals surface area contributed by atoms with E-state index in [0.717, 1.165) is 38.8 Å². The minimum Gasteiger partial charge on any atom is -0.370 e. The first-order chi connectivity index (χ1) is 12.0. The van der Waals surface area contributed by atoms with Crippen LogP contribution in [0.15, 0.2) is 22.3 Å². The van der Waals surface area contributed by atoms with E-state index in [4.69, 9.17) is 10.7 Å². The molecule has 0 aliphatic heterocycles. The van der Waals surface area contributed by atoms with Crippen LogP contribution in [0, 0.1) is 6.92 Å². The first-order valence-corrected chi connectivity index (χ1v) is 10.1. The average Bonchev–Trinajstić information content (AvgIpc) is 3.17. The molecule has 5 nitrogen and oxygen atoms in total. The zero-order chi connectivity index (χ0) is 18.0. The molecule has 0 aliphatic carbocycles. The number of amides is 1. The smallest absolute Gasteiger partial charge is 0.262 e. The Bertz CT molecular complexity index is 955. The fourth-order valence-corrected chi connectivity index (χ4v) is 4.96. The van der Waals surface area contributed by atoms with Gasteiger partial charge < -0.3 is 5.73 Å². The molecule has 0 saturated heterocycles. The SMILES string of the molecule is CCCc1nc2sc(C)c(-c3cccs3)c2c(=O)n1CCCC(N)=O. The van der Waals surface area contributed by atoms with Crippen LogP contribution < -0.4 is 11.3 Å². The zero-order valence-electron chi connectivity index (χ0n) is 14.4. The fraction of sp³-hybridized carbons (Fsp3) is 0.389. The topological polar surface area (TPSA) is 78.0 Å². The Morgan fingerprint density at radius 1 is 1.40 bits per heavy atom. The number of carbonyl (C=O) groups is 1. The van der Waals surface area contributed by atoms with Gasteiger partial charge in [0.05, 0.1) is 5.39 Å². The molecule has 2 N–H and O–H groups in total. The normalized spacial score (nSPS) is 11.3. The second-order valence-electron chi connectivity index (χ2n) is 6.00. The molecule has 25 heavy (non-hydrogen) atoms. The maximum atomic E-state index is 13.2. The first-order valence-electron chi connectivity index (χ1n) is 8.38. The molecule has 3 rings (SSSR count). The van der Waals surface area contributed by atoms with Crippen LogP contribution in [0.4, 0.5) is 0 Å². The molecule has 3 heterocycles. The molecule has 0 saturated carbocycles. The molecule has 7 heteroatoms. The Hall–Kier alpha value is -1.99. The molecule has 0 atom stereocenters. The van der Waals surface area contributed by atoms with E-state index < -0.39 is 0 Å². The van der Waals surface area contributed by atoms with Crippen molar-refractivity contribution in [2.45, 2.75) is 46.1 Å². The number of thiophene rings is 2. The largest absolute Gasteiger partial charge is 0.370 e. The van der Waals surface area contributed by atoms with Crippen molar-refractivity contribution >= 4 is 38.8 Å². The van der Waals surface area contributed by atoms with Gasteiger partial charge in [-0.25, -0.2) is 4.98 Å². The zero-order valence-corrected chi connectivity index (χ0v) is 16.0. The molecule has 3 aromatic rings. The molecular weight excluding hydrogens is 354 g/mol. The second kappa shape index (κ2) is 7.49. The monoisotopic (exact) mass is 375 g/mol. The van der Waals surface area contributed by atoms with Crippen LogP contribution in [-0.2, 0) is 17.8 Å². The Morgan fingerprint density at radius 3 is 2.84 bits per heavy atom. The van der Waals surface area contributed by atoms with Crippen LogP contribution in [-0.4, -0.2) is 15.5 Å². The highest BCUT2D eigenvalue weighted by Crippen LogP contribution is 2.38. The van der Waals surface area contributed by atoms with Gasteiger partial charge in [0.1, 0.15) is 10.7 Å². The number of aryl methyl sites for hydroxylation is 2. The van der Waals surface area contributed by atoms with Crippen LogP contribution in [0.2, 0.25) is 0 Å². The third-order valence-corrected chi connectivity index (χ3v) is 6.00. The van der Waals surface area contributed by atoms with Gasteiger partial charge in [-0.2, -0.15) is 0 Å². The van der Waals surface area contributed by atoms with Crippen molar-refractivity contribution in [2.75, 3.05) is 0 Å². The minimum absolute atomic E-state index is 0.00864. The quantitative estimate of drug-likeness (QED) is 0.684. The number of carbonyl (C=O) groups excluding carboxylic acids is 1. The lowest BCUT2D eigenvalue weighted by atomic mass is 10.1. The summed E-state index contributed by atoms with van der Waals surface area (Å²) in [5, 5.41) is 2.71. The number of aromatic nitrogens is 2. The molecule has 0 unspecified atom stereocenters. The Morgan fingerprint density at radius 2 is 2.20 bits per heavy atom. The van der Waals surface area contributed by atoms with Gasteiger partial charge in [0.25, 0.3) is 5.56 Å². The molecule has 0 aromatic carbocycles. The molecule has 0 bridgehead atoms. The Kier molecular flexibility index (Phi) is 5.34. The molecule has 1 amide bonds. The molecule has 0 aliphatic rings. The highest BCUT2D eigenvalue weighted by atomic mass is 32.1. The van der Waals surface area contributed by atoms with E-state index in [0.29, 0.717) is 18.4 Å². The van der Waals surface area contributed by atoms with Gasteiger partial charge in [0.15, 0.2) is 0 Å². The minimum atomic E-state index is -0.343. The van der Waals surface area contributed by atoms with E-state index in [-0.39, 0.29) is 17.9 Å². The maximum absolute atomic E-state index is 13.2. The number of fused-ring (bicyclic) bond motifs is 1. The summed E-state index contributed by atoms with van der Waals surface area (Å²) in [5.74, 6) is 0.452. The van der Waals surface area contributed by atoms with Crippen molar-refractivity contribution < 1.29 is 4.79 Å². The summed E-state index contributed by atoms with van der Waals surface area (Å²) < 4.78 is 1.73. The number of nitrogens with two attached hydrogens (primary N) is 1. The lowest BCUT2D eigenvalue weighted by molar-refractivity contribution is -0.118. The van der Waals surface area contributed by atoms with Gasteiger partial charge >= 0.3 is 0 Å². The van der Waals surface area contributed by atoms with Crippen LogP contribution in [0.3, 0.4) is 0 Å². The van der Waals surface area contributed by atoms with E-state index in [1.165, 1.54) is 0 Å². The molecule has 132 valence electrons. The van der Waals surface area contributed by atoms with E-state index in [1.807, 2.05) is 24.4 Å². The van der Waals surface area contributed by atoms with Gasteiger partial charge in [-0.05, 0) is 31.2 Å². The second-order valence-corrected chi connectivity index (χ2v) is 8.15. The van der Waals surface area contributed by atoms with Gasteiger partial charge in [0, 0.05) is 34.7 Å². The highest BCUT2D eigenvalue weighted by molar-refractivity contribution is 7.20. The average molecular weight is 376 g/mol. The van der Waals surface area contributed by atoms with Gasteiger partial charge in [-0.3, -0.25) is 14.2 Å². The maximum Gasteiger partial charge on any atom is 0.262 e. The first kappa shape index (κ1) is 17.8. The van der Waals surface area contributed by atoms with Crippen LogP contribution in [0.5, 0.6) is 0 Å². The Labute approximate surface area is 154 Å². The summed E-state index contributed by atoms with van der Waals surface area (Å²) in [6, 6.07) is 4.03. The number of primary amides is 1. The lowest BCUT2D eigenvalue weighted by Gasteiger charge is -2.12. The number of rotatable bonds is 7. The van der Waals surface area contributed by atoms with Crippen molar-refractivity contribution in [3.63, 3.8) is 0 Å². The van der Waals surface area contributed by atoms with Gasteiger partial charge in [-0.15, -0.1) is 22.7 Å². The van der Waals surface area contributed by atoms with E-state index in [2.05, 4.69) is 6.92 Å². The molecule has 0 fully saturated rings. The third kappa shape index (κ3) is 3.52. The number of hydrogen-bond donors (Lipinski definition) is 1. The molecule has 3 aromatic heterocycles. The molecular formula is C18H21N3O2S2. The van der Waals surface area contributed by atoms with Crippen molar-refractivity contribution in [3.05, 3.63) is 38.6 Å². The summed E-state index contributed by atoms with van der Waals surface area (Å²) in [4.78, 5) is 32.1. The van der Waals surface area contributed by atoms with Gasteiger partial charge in [-0.1, -0.05) is 13.0 Å². The lowest BCUT2D eigenvalue weighted by Crippen LogP contribution is -2.26. The molecule has 0 spiro atoms. The van der Waals surface area contributed by atoms with E-state index >= 15 is 0 Å². The van der Waals surface area contributed by atoms with Crippen LogP contribution >= 0.6 is 22.7 Å². The summed E-state index contributed by atoms with van der Waals surface area (Å²) in [7, 11) is 0. The van der Waals surface area contributed by atoms with Gasteiger partial charge in [0.2, 0.25) is 5.91 Å². The third-order valence-electron chi connectivity index (χ3n) is 4.11. The van der Waals surface area contributed by atoms with Crippen molar-refractivity contribution in [1.29, 1.82) is 0 Å². The van der Waals surface area contributed by atoms with Crippen molar-refractivity contribution in [1.82, 2.24) is 9.55 Å². The van der Waals surface area contributed by atoms with E-state index in [1.54, 1.807) is 27.2 Å². The van der Waals surface area contributed by atoms with E-state index in [9.17, 15) is 9.59 Å². The summed E-state index contributed by atoms with van der Waals surface area (Å²) in [6.07, 6.45) is 2.48. The van der Waals surface area contributed by atoms with Crippen molar-refractivity contribution in [2.24, 2.45) is 5.73 Å². The number of hydrogen-bond acceptors (Lipinski definition) is 5. The summed E-state index contributed by atoms with van der Waals surface area (Å²) >= 11 is 3.21. The summed E-state index contributed by atoms with van der Waals surface area (Å²) in [5.41, 5.74) is 6.23. The molecule has 0 radical (unpaired) electrons. The van der Waals surface area contributed by atoms with Crippen LogP contribution in [0.1, 0.15) is 36.9 Å². The standard InChI is InChI=1S/C18H21N3O2S2/c1-3-6-14-20-17-16(18(23)21(14)9-4-8-13(19)22)15(11(2)25-17)12-7-5-10-24-12/h5,7,10H,3-4,6,8-9H2,1-2H3,(H2,19,22). The van der Waals surface area contributed by atoms with Crippen molar-refractivity contribution in [3.8, 4) is 10.4 Å². The van der Waals surface area contributed by atoms with Crippen LogP contribution in [0.25, 0.3) is 20.7 Å². The Balaban J connectivity index is 2.17. The summed E-state index contributed by atoms with van der Waals surface area (Å²) in [6.45, 7) is 4.58. The fourth-order valence-electron chi connectivity index (χ4n) is 3.01.